The van der Waals surface area contributed by atoms with Crippen LogP contribution in [-0.4, -0.2) is 32.5 Å². The molecule has 0 N–H and O–H groups in total. The van der Waals surface area contributed by atoms with Crippen LogP contribution in [0.1, 0.15) is 11.1 Å². The quantitative estimate of drug-likeness (QED) is 0.431. The maximum Gasteiger partial charge on any atom is 0.128 e. The molecule has 0 atom stereocenters. The van der Waals surface area contributed by atoms with Crippen LogP contribution in [0, 0.1) is 5.82 Å². The number of halogens is 2. The number of morpholine rings is 1. The highest BCUT2D eigenvalue weighted by molar-refractivity contribution is 9.10. The fraction of sp³-hybridized carbons (Fsp3) is 0.208. The monoisotopic (exact) mass is 468 g/mol. The zero-order valence-corrected chi connectivity index (χ0v) is 18.0. The van der Waals surface area contributed by atoms with Gasteiger partial charge in [-0.15, -0.1) is 0 Å². The van der Waals surface area contributed by atoms with E-state index in [9.17, 15) is 4.39 Å². The predicted octanol–water partition coefficient (Wildman–Crippen LogP) is 5.75. The number of hydrogen-bond donors (Lipinski definition) is 0. The molecule has 6 heteroatoms. The maximum atomic E-state index is 13.4. The third-order valence-corrected chi connectivity index (χ3v) is 5.33. The second-order valence-electron chi connectivity index (χ2n) is 6.97. The zero-order chi connectivity index (χ0) is 20.8. The third kappa shape index (κ3) is 5.46. The van der Waals surface area contributed by atoms with Gasteiger partial charge in [-0.05, 0) is 60.2 Å². The molecule has 4 rings (SSSR count). The summed E-state index contributed by atoms with van der Waals surface area (Å²) in [5.41, 5.74) is 3.67. The van der Waals surface area contributed by atoms with E-state index in [-0.39, 0.29) is 12.4 Å². The molecule has 4 nitrogen and oxygen atoms in total. The van der Waals surface area contributed by atoms with Crippen molar-refractivity contribution in [3.05, 3.63) is 88.1 Å². The molecule has 0 unspecified atom stereocenters. The molecule has 1 heterocycles. The smallest absolute Gasteiger partial charge is 0.128 e. The largest absolute Gasteiger partial charge is 0.488 e. The molecule has 1 aliphatic rings. The van der Waals surface area contributed by atoms with Crippen molar-refractivity contribution in [1.29, 1.82) is 0 Å². The van der Waals surface area contributed by atoms with Gasteiger partial charge in [0.25, 0.3) is 0 Å². The van der Waals surface area contributed by atoms with Crippen LogP contribution in [-0.2, 0) is 11.3 Å². The van der Waals surface area contributed by atoms with Crippen LogP contribution < -0.4 is 9.64 Å². The van der Waals surface area contributed by atoms with Gasteiger partial charge in [-0.2, -0.15) is 0 Å². The summed E-state index contributed by atoms with van der Waals surface area (Å²) in [6.07, 6.45) is 1.79. The standard InChI is InChI=1S/C24H22BrFN2O2/c25-20-4-9-24(30-17-18-2-1-3-21(26)14-18)19(15-20)16-27-22-5-7-23(8-6-22)28-10-12-29-13-11-28/h1-9,14-16H,10-13,17H2. The van der Waals surface area contributed by atoms with Gasteiger partial charge in [-0.1, -0.05) is 28.1 Å². The van der Waals surface area contributed by atoms with Crippen LogP contribution in [0.2, 0.25) is 0 Å². The summed E-state index contributed by atoms with van der Waals surface area (Å²) in [6, 6.07) is 20.3. The second kappa shape index (κ2) is 9.87. The molecule has 30 heavy (non-hydrogen) atoms. The van der Waals surface area contributed by atoms with Crippen molar-refractivity contribution < 1.29 is 13.9 Å². The Hall–Kier alpha value is -2.70. The maximum absolute atomic E-state index is 13.4. The van der Waals surface area contributed by atoms with Crippen LogP contribution in [0.4, 0.5) is 15.8 Å². The number of hydrogen-bond acceptors (Lipinski definition) is 4. The molecule has 0 aliphatic carbocycles. The summed E-state index contributed by atoms with van der Waals surface area (Å²) >= 11 is 3.50. The second-order valence-corrected chi connectivity index (χ2v) is 7.89. The molecule has 3 aromatic rings. The van der Waals surface area contributed by atoms with E-state index in [0.29, 0.717) is 5.75 Å². The Balaban J connectivity index is 1.46. The zero-order valence-electron chi connectivity index (χ0n) is 16.4. The van der Waals surface area contributed by atoms with Gasteiger partial charge in [0, 0.05) is 35.0 Å². The van der Waals surface area contributed by atoms with Crippen molar-refractivity contribution in [3.63, 3.8) is 0 Å². The van der Waals surface area contributed by atoms with Gasteiger partial charge in [0.2, 0.25) is 0 Å². The lowest BCUT2D eigenvalue weighted by molar-refractivity contribution is 0.122. The average Bonchev–Trinajstić information content (AvgIpc) is 2.78. The molecule has 1 aliphatic heterocycles. The van der Waals surface area contributed by atoms with Crippen LogP contribution in [0.3, 0.4) is 0 Å². The van der Waals surface area contributed by atoms with E-state index >= 15 is 0 Å². The Labute approximate surface area is 184 Å². The summed E-state index contributed by atoms with van der Waals surface area (Å²) in [7, 11) is 0. The molecule has 0 amide bonds. The minimum Gasteiger partial charge on any atom is -0.488 e. The van der Waals surface area contributed by atoms with E-state index in [4.69, 9.17) is 9.47 Å². The molecular weight excluding hydrogens is 447 g/mol. The highest BCUT2D eigenvalue weighted by Crippen LogP contribution is 2.25. The number of aliphatic imine (C=N–C) groups is 1. The van der Waals surface area contributed by atoms with E-state index in [1.165, 1.54) is 17.8 Å². The Kier molecular flexibility index (Phi) is 6.77. The molecule has 0 aromatic heterocycles. The SMILES string of the molecule is Fc1cccc(COc2ccc(Br)cc2C=Nc2ccc(N3CCOCC3)cc2)c1. The van der Waals surface area contributed by atoms with E-state index in [1.807, 2.05) is 36.4 Å². The topological polar surface area (TPSA) is 34.1 Å². The average molecular weight is 469 g/mol. The lowest BCUT2D eigenvalue weighted by atomic mass is 10.2. The van der Waals surface area contributed by atoms with E-state index in [1.54, 1.807) is 12.3 Å². The lowest BCUT2D eigenvalue weighted by Gasteiger charge is -2.28. The van der Waals surface area contributed by atoms with Gasteiger partial charge in [0.1, 0.15) is 18.2 Å². The van der Waals surface area contributed by atoms with Gasteiger partial charge < -0.3 is 14.4 Å². The van der Waals surface area contributed by atoms with Gasteiger partial charge in [0.05, 0.1) is 18.9 Å². The first-order chi connectivity index (χ1) is 14.7. The molecule has 0 spiro atoms. The Morgan fingerprint density at radius 3 is 2.60 bits per heavy atom. The van der Waals surface area contributed by atoms with Crippen molar-refractivity contribution in [1.82, 2.24) is 0 Å². The van der Waals surface area contributed by atoms with E-state index in [2.05, 4.69) is 38.0 Å². The summed E-state index contributed by atoms with van der Waals surface area (Å²) in [5, 5.41) is 0. The van der Waals surface area contributed by atoms with E-state index in [0.717, 1.165) is 47.6 Å². The number of benzene rings is 3. The number of anilines is 1. The summed E-state index contributed by atoms with van der Waals surface area (Å²) in [5.74, 6) is 0.422. The normalized spacial score (nSPS) is 14.3. The summed E-state index contributed by atoms with van der Waals surface area (Å²) < 4.78 is 25.7. The highest BCUT2D eigenvalue weighted by atomic mass is 79.9. The van der Waals surface area contributed by atoms with Gasteiger partial charge in [-0.25, -0.2) is 4.39 Å². The molecule has 1 saturated heterocycles. The Morgan fingerprint density at radius 2 is 1.83 bits per heavy atom. The van der Waals surface area contributed by atoms with Crippen LogP contribution >= 0.6 is 15.9 Å². The third-order valence-electron chi connectivity index (χ3n) is 4.83. The van der Waals surface area contributed by atoms with Crippen molar-refractivity contribution in [3.8, 4) is 5.75 Å². The highest BCUT2D eigenvalue weighted by Gasteiger charge is 2.10. The minimum absolute atomic E-state index is 0.269. The molecule has 0 radical (unpaired) electrons. The van der Waals surface area contributed by atoms with Crippen LogP contribution in [0.15, 0.2) is 76.2 Å². The van der Waals surface area contributed by atoms with Crippen molar-refractivity contribution in [2.75, 3.05) is 31.2 Å². The Bertz CT molecular complexity index is 1020. The molecule has 0 bridgehead atoms. The first-order valence-electron chi connectivity index (χ1n) is 9.81. The molecule has 154 valence electrons. The minimum atomic E-state index is -0.269. The van der Waals surface area contributed by atoms with Crippen LogP contribution in [0.5, 0.6) is 5.75 Å². The van der Waals surface area contributed by atoms with Crippen LogP contribution in [0.25, 0.3) is 0 Å². The fourth-order valence-electron chi connectivity index (χ4n) is 3.25. The number of nitrogens with zero attached hydrogens (tertiary/aromatic N) is 2. The first kappa shape index (κ1) is 20.6. The Morgan fingerprint density at radius 1 is 1.03 bits per heavy atom. The number of rotatable bonds is 6. The van der Waals surface area contributed by atoms with E-state index < -0.39 is 0 Å². The summed E-state index contributed by atoms with van der Waals surface area (Å²) in [6.45, 7) is 3.64. The summed E-state index contributed by atoms with van der Waals surface area (Å²) in [4.78, 5) is 6.91. The fourth-order valence-corrected chi connectivity index (χ4v) is 3.63. The molecule has 3 aromatic carbocycles. The predicted molar refractivity (Wildman–Crippen MR) is 122 cm³/mol. The van der Waals surface area contributed by atoms with Crippen molar-refractivity contribution in [2.24, 2.45) is 4.99 Å². The molecule has 0 saturated carbocycles. The van der Waals surface area contributed by atoms with Gasteiger partial charge in [-0.3, -0.25) is 4.99 Å². The van der Waals surface area contributed by atoms with Gasteiger partial charge >= 0.3 is 0 Å². The molecular formula is C24H22BrFN2O2. The van der Waals surface area contributed by atoms with Crippen molar-refractivity contribution in [2.45, 2.75) is 6.61 Å². The van der Waals surface area contributed by atoms with Gasteiger partial charge in [0.15, 0.2) is 0 Å². The van der Waals surface area contributed by atoms with Crippen molar-refractivity contribution >= 4 is 33.5 Å². The first-order valence-corrected chi connectivity index (χ1v) is 10.6. The number of ether oxygens (including phenoxy) is 2. The molecule has 1 fully saturated rings. The lowest BCUT2D eigenvalue weighted by Crippen LogP contribution is -2.36.